The number of fused-ring (bicyclic) bond motifs is 1. The van der Waals surface area contributed by atoms with Crippen LogP contribution in [0.25, 0.3) is 5.69 Å². The van der Waals surface area contributed by atoms with Gasteiger partial charge in [-0.1, -0.05) is 0 Å². The molecule has 14 heteroatoms. The number of benzene rings is 2. The second-order valence-corrected chi connectivity index (χ2v) is 9.04. The lowest BCUT2D eigenvalue weighted by Gasteiger charge is -2.24. The van der Waals surface area contributed by atoms with Crippen molar-refractivity contribution in [1.29, 1.82) is 0 Å². The van der Waals surface area contributed by atoms with Gasteiger partial charge in [-0.15, -0.1) is 0 Å². The van der Waals surface area contributed by atoms with Crippen molar-refractivity contribution in [2.24, 2.45) is 0 Å². The van der Waals surface area contributed by atoms with Gasteiger partial charge in [0.2, 0.25) is 5.91 Å². The third-order valence-electron chi connectivity index (χ3n) is 6.51. The number of carbonyl (C=O) groups excluding carboxylic acids is 2. The van der Waals surface area contributed by atoms with E-state index in [1.165, 1.54) is 21.2 Å². The topological polar surface area (TPSA) is 137 Å². The number of nitrogens with two attached hydrogens (primary N) is 1. The largest absolute Gasteiger partial charge is 0.442 e. The molecule has 0 radical (unpaired) electrons. The summed E-state index contributed by atoms with van der Waals surface area (Å²) in [5.74, 6) is -2.11. The van der Waals surface area contributed by atoms with Crippen LogP contribution < -0.4 is 32.2 Å². The number of carbonyl (C=O) groups is 2. The molecule has 200 valence electrons. The number of anilines is 3. The normalized spacial score (nSPS) is 17.2. The van der Waals surface area contributed by atoms with Gasteiger partial charge in [-0.05, 0) is 24.3 Å². The maximum absolute atomic E-state index is 15.2. The van der Waals surface area contributed by atoms with Crippen molar-refractivity contribution in [3.05, 3.63) is 69.0 Å². The first-order chi connectivity index (χ1) is 18.1. The molecule has 5 rings (SSSR count). The standard InChI is InChI=1S/C24H25F2N7O5/c1-14(34)28-12-18-13-30(24(37)38-18)17-10-19(25)21(20(26)11-17)29-6-8-31-22(35)33(23(36)32(31)9-7-29)16-4-2-15(27)3-5-16/h2-5,10-11,18H,6-9,12-13,27H2,1H3,(H,28,34)/t18-/m0/s1. The molecule has 3 aromatic rings. The molecule has 1 aromatic heterocycles. The molecule has 38 heavy (non-hydrogen) atoms. The van der Waals surface area contributed by atoms with Crippen LogP contribution in [-0.4, -0.2) is 58.2 Å². The number of halogens is 2. The Morgan fingerprint density at radius 1 is 0.974 bits per heavy atom. The zero-order chi connectivity index (χ0) is 27.1. The quantitative estimate of drug-likeness (QED) is 0.463. The summed E-state index contributed by atoms with van der Waals surface area (Å²) >= 11 is 0. The zero-order valence-electron chi connectivity index (χ0n) is 20.4. The van der Waals surface area contributed by atoms with Gasteiger partial charge in [-0.3, -0.25) is 9.69 Å². The van der Waals surface area contributed by atoms with Crippen molar-refractivity contribution in [3.63, 3.8) is 0 Å². The van der Waals surface area contributed by atoms with Gasteiger partial charge in [0, 0.05) is 37.8 Å². The minimum Gasteiger partial charge on any atom is -0.442 e. The predicted molar refractivity (Wildman–Crippen MR) is 134 cm³/mol. The molecule has 1 saturated heterocycles. The van der Waals surface area contributed by atoms with Gasteiger partial charge in [0.25, 0.3) is 0 Å². The summed E-state index contributed by atoms with van der Waals surface area (Å²) in [5.41, 5.74) is 5.05. The molecule has 0 unspecified atom stereocenters. The number of hydrogen-bond acceptors (Lipinski definition) is 7. The number of nitrogens with zero attached hydrogens (tertiary/aromatic N) is 5. The average Bonchev–Trinajstić information content (AvgIpc) is 3.24. The number of hydrogen-bond donors (Lipinski definition) is 2. The summed E-state index contributed by atoms with van der Waals surface area (Å²) in [6.45, 7) is 1.56. The summed E-state index contributed by atoms with van der Waals surface area (Å²) in [6.07, 6.45) is -1.44. The van der Waals surface area contributed by atoms with Crippen LogP contribution in [0.2, 0.25) is 0 Å². The Morgan fingerprint density at radius 2 is 1.55 bits per heavy atom. The van der Waals surface area contributed by atoms with Gasteiger partial charge in [0.05, 0.1) is 37.6 Å². The fraction of sp³-hybridized carbons (Fsp3) is 0.333. The van der Waals surface area contributed by atoms with Crippen LogP contribution in [0.5, 0.6) is 0 Å². The zero-order valence-corrected chi connectivity index (χ0v) is 20.4. The highest BCUT2D eigenvalue weighted by Gasteiger charge is 2.34. The molecule has 0 spiro atoms. The fourth-order valence-electron chi connectivity index (χ4n) is 4.67. The Bertz CT molecular complexity index is 1470. The van der Waals surface area contributed by atoms with E-state index in [1.807, 2.05) is 0 Å². The van der Waals surface area contributed by atoms with Crippen LogP contribution >= 0.6 is 0 Å². The Balaban J connectivity index is 1.36. The summed E-state index contributed by atoms with van der Waals surface area (Å²) in [4.78, 5) is 51.9. The van der Waals surface area contributed by atoms with E-state index in [2.05, 4.69) is 5.32 Å². The third kappa shape index (κ3) is 4.48. The SMILES string of the molecule is CC(=O)NC[C@H]1CN(c2cc(F)c(N3CCn4c(=O)n(-c5ccc(N)cc5)c(=O)n4CC3)c(F)c2)C(=O)O1. The molecular formula is C24H25F2N7O5. The molecule has 2 amide bonds. The molecule has 1 atom stereocenters. The van der Waals surface area contributed by atoms with E-state index in [-0.39, 0.29) is 56.6 Å². The van der Waals surface area contributed by atoms with Crippen LogP contribution in [0.3, 0.4) is 0 Å². The maximum atomic E-state index is 15.2. The Labute approximate surface area is 214 Å². The van der Waals surface area contributed by atoms with Crippen molar-refractivity contribution >= 4 is 29.1 Å². The molecule has 2 aromatic carbocycles. The maximum Gasteiger partial charge on any atom is 0.414 e. The highest BCUT2D eigenvalue weighted by molar-refractivity contribution is 5.90. The fourth-order valence-corrected chi connectivity index (χ4v) is 4.67. The molecule has 0 aliphatic carbocycles. The summed E-state index contributed by atoms with van der Waals surface area (Å²) < 4.78 is 39.1. The van der Waals surface area contributed by atoms with E-state index in [1.54, 1.807) is 24.3 Å². The molecule has 12 nitrogen and oxygen atoms in total. The van der Waals surface area contributed by atoms with Crippen molar-refractivity contribution < 1.29 is 23.1 Å². The number of amides is 2. The lowest BCUT2D eigenvalue weighted by atomic mass is 10.2. The minimum atomic E-state index is -0.906. The summed E-state index contributed by atoms with van der Waals surface area (Å²) in [6, 6.07) is 8.36. The van der Waals surface area contributed by atoms with E-state index in [0.717, 1.165) is 21.6 Å². The monoisotopic (exact) mass is 529 g/mol. The Kier molecular flexibility index (Phi) is 6.38. The second kappa shape index (κ2) is 9.68. The molecule has 2 aliphatic heterocycles. The van der Waals surface area contributed by atoms with Crippen LogP contribution in [0.4, 0.5) is 30.6 Å². The number of rotatable bonds is 5. The molecule has 2 aliphatic rings. The Morgan fingerprint density at radius 3 is 2.11 bits per heavy atom. The molecule has 3 N–H and O–H groups in total. The number of aromatic nitrogens is 3. The lowest BCUT2D eigenvalue weighted by molar-refractivity contribution is -0.119. The Hall–Kier alpha value is -4.62. The minimum absolute atomic E-state index is 0.0136. The molecular weight excluding hydrogens is 504 g/mol. The van der Waals surface area contributed by atoms with Gasteiger partial charge in [0.15, 0.2) is 11.6 Å². The van der Waals surface area contributed by atoms with Crippen molar-refractivity contribution in [2.45, 2.75) is 26.1 Å². The van der Waals surface area contributed by atoms with E-state index in [0.29, 0.717) is 11.4 Å². The van der Waals surface area contributed by atoms with E-state index < -0.39 is 35.2 Å². The van der Waals surface area contributed by atoms with Crippen LogP contribution in [0, 0.1) is 11.6 Å². The van der Waals surface area contributed by atoms with Gasteiger partial charge >= 0.3 is 17.5 Å². The molecule has 0 saturated carbocycles. The van der Waals surface area contributed by atoms with Crippen molar-refractivity contribution in [1.82, 2.24) is 19.2 Å². The van der Waals surface area contributed by atoms with E-state index in [4.69, 9.17) is 10.5 Å². The summed E-state index contributed by atoms with van der Waals surface area (Å²) in [7, 11) is 0. The van der Waals surface area contributed by atoms with Crippen molar-refractivity contribution in [3.8, 4) is 5.69 Å². The van der Waals surface area contributed by atoms with Crippen LogP contribution in [0.15, 0.2) is 46.0 Å². The first kappa shape index (κ1) is 25.0. The molecule has 0 bridgehead atoms. The second-order valence-electron chi connectivity index (χ2n) is 9.04. The number of nitrogens with one attached hydrogen (secondary N) is 1. The average molecular weight is 530 g/mol. The van der Waals surface area contributed by atoms with Gasteiger partial charge < -0.3 is 20.7 Å². The predicted octanol–water partition coefficient (Wildman–Crippen LogP) is 0.643. The smallest absolute Gasteiger partial charge is 0.414 e. The lowest BCUT2D eigenvalue weighted by Crippen LogP contribution is -2.34. The first-order valence-electron chi connectivity index (χ1n) is 11.9. The van der Waals surface area contributed by atoms with Crippen LogP contribution in [-0.2, 0) is 22.6 Å². The molecule has 3 heterocycles. The van der Waals surface area contributed by atoms with Crippen molar-refractivity contribution in [2.75, 3.05) is 41.7 Å². The molecule has 1 fully saturated rings. The highest BCUT2D eigenvalue weighted by atomic mass is 19.1. The van der Waals surface area contributed by atoms with E-state index in [9.17, 15) is 19.2 Å². The highest BCUT2D eigenvalue weighted by Crippen LogP contribution is 2.31. The van der Waals surface area contributed by atoms with Crippen LogP contribution in [0.1, 0.15) is 6.92 Å². The third-order valence-corrected chi connectivity index (χ3v) is 6.51. The summed E-state index contributed by atoms with van der Waals surface area (Å²) in [5, 5.41) is 2.54. The van der Waals surface area contributed by atoms with Gasteiger partial charge in [-0.2, -0.15) is 0 Å². The van der Waals surface area contributed by atoms with E-state index >= 15 is 8.78 Å². The van der Waals surface area contributed by atoms with Gasteiger partial charge in [-0.25, -0.2) is 37.1 Å². The first-order valence-corrected chi connectivity index (χ1v) is 11.9. The number of nitrogen functional groups attached to an aromatic ring is 1. The number of cyclic esters (lactones) is 1. The number of ether oxygens (including phenoxy) is 1. The van der Waals surface area contributed by atoms with Gasteiger partial charge in [0.1, 0.15) is 11.8 Å².